The Kier molecular flexibility index (Phi) is 6.32. The van der Waals surface area contributed by atoms with Gasteiger partial charge in [0.1, 0.15) is 29.6 Å². The van der Waals surface area contributed by atoms with Gasteiger partial charge in [-0.15, -0.1) is 0 Å². The number of hydrogen-bond donors (Lipinski definition) is 1. The third kappa shape index (κ3) is 4.40. The van der Waals surface area contributed by atoms with Gasteiger partial charge in [-0.05, 0) is 24.3 Å². The molecule has 2 heterocycles. The standard InChI is InChI=1S/C24H19F3N2O4/c1-31-21(30)9-13-2-3-15(25)10-20(13)33-12-14-8-18(24-17(22(14)26)5-7-32-24)16-4-6-29-19(11-28)23(16)27/h2-8,10H,9,11-12,28H2,1H3. The van der Waals surface area contributed by atoms with E-state index in [1.54, 1.807) is 0 Å². The molecule has 4 rings (SSSR count). The lowest BCUT2D eigenvalue weighted by molar-refractivity contribution is -0.139. The predicted octanol–water partition coefficient (Wildman–Crippen LogP) is 4.67. The number of nitrogens with zero attached hydrogens (tertiary/aromatic N) is 1. The highest BCUT2D eigenvalue weighted by Crippen LogP contribution is 2.35. The number of halogens is 3. The van der Waals surface area contributed by atoms with Crippen LogP contribution in [0, 0.1) is 17.5 Å². The number of carbonyl (C=O) groups is 1. The van der Waals surface area contributed by atoms with Gasteiger partial charge in [0.2, 0.25) is 0 Å². The van der Waals surface area contributed by atoms with E-state index < -0.39 is 23.4 Å². The second-order valence-electron chi connectivity index (χ2n) is 7.18. The maximum absolute atomic E-state index is 15.2. The Hall–Kier alpha value is -3.85. The number of fused-ring (bicyclic) bond motifs is 1. The molecule has 0 fully saturated rings. The lowest BCUT2D eigenvalue weighted by Crippen LogP contribution is -2.08. The predicted molar refractivity (Wildman–Crippen MR) is 114 cm³/mol. The first kappa shape index (κ1) is 22.3. The number of esters is 1. The molecule has 0 saturated carbocycles. The molecule has 0 bridgehead atoms. The van der Waals surface area contributed by atoms with Gasteiger partial charge >= 0.3 is 5.97 Å². The van der Waals surface area contributed by atoms with E-state index in [1.165, 1.54) is 49.9 Å². The molecule has 2 aromatic carbocycles. The Morgan fingerprint density at radius 3 is 2.64 bits per heavy atom. The number of nitrogens with two attached hydrogens (primary N) is 1. The van der Waals surface area contributed by atoms with E-state index in [0.29, 0.717) is 11.1 Å². The van der Waals surface area contributed by atoms with Crippen molar-refractivity contribution in [3.63, 3.8) is 0 Å². The van der Waals surface area contributed by atoms with Crippen LogP contribution in [0.15, 0.2) is 53.3 Å². The summed E-state index contributed by atoms with van der Waals surface area (Å²) in [6.45, 7) is -0.422. The summed E-state index contributed by atoms with van der Waals surface area (Å²) in [7, 11) is 1.23. The van der Waals surface area contributed by atoms with Crippen LogP contribution >= 0.6 is 0 Å². The number of ether oxygens (including phenoxy) is 2. The van der Waals surface area contributed by atoms with Crippen molar-refractivity contribution < 1.29 is 31.9 Å². The van der Waals surface area contributed by atoms with E-state index in [1.807, 2.05) is 0 Å². The lowest BCUT2D eigenvalue weighted by atomic mass is 9.99. The number of furan rings is 1. The topological polar surface area (TPSA) is 87.6 Å². The molecule has 33 heavy (non-hydrogen) atoms. The molecule has 0 aliphatic carbocycles. The highest BCUT2D eigenvalue weighted by Gasteiger charge is 2.20. The second kappa shape index (κ2) is 9.33. The van der Waals surface area contributed by atoms with Gasteiger partial charge < -0.3 is 19.6 Å². The molecule has 2 aromatic heterocycles. The first-order valence-corrected chi connectivity index (χ1v) is 9.93. The van der Waals surface area contributed by atoms with Gasteiger partial charge in [-0.25, -0.2) is 13.2 Å². The lowest BCUT2D eigenvalue weighted by Gasteiger charge is -2.14. The van der Waals surface area contributed by atoms with Crippen LogP contribution in [0.5, 0.6) is 5.75 Å². The molecule has 0 amide bonds. The summed E-state index contributed by atoms with van der Waals surface area (Å²) in [5.41, 5.74) is 6.66. The molecule has 0 atom stereocenters. The molecule has 0 unspecified atom stereocenters. The van der Waals surface area contributed by atoms with Gasteiger partial charge in [-0.1, -0.05) is 6.07 Å². The van der Waals surface area contributed by atoms with Crippen molar-refractivity contribution in [2.75, 3.05) is 7.11 Å². The molecule has 170 valence electrons. The quantitative estimate of drug-likeness (QED) is 0.407. The van der Waals surface area contributed by atoms with E-state index in [-0.39, 0.29) is 53.1 Å². The summed E-state index contributed by atoms with van der Waals surface area (Å²) in [6, 6.07) is 7.94. The average Bonchev–Trinajstić information content (AvgIpc) is 3.31. The molecule has 9 heteroatoms. The van der Waals surface area contributed by atoms with Gasteiger partial charge in [-0.2, -0.15) is 0 Å². The number of hydrogen-bond acceptors (Lipinski definition) is 6. The molecule has 0 aliphatic heterocycles. The third-order valence-electron chi connectivity index (χ3n) is 5.17. The van der Waals surface area contributed by atoms with Crippen LogP contribution in [0.2, 0.25) is 0 Å². The molecule has 0 spiro atoms. The number of carbonyl (C=O) groups excluding carboxylic acids is 1. The fourth-order valence-electron chi connectivity index (χ4n) is 3.50. The maximum Gasteiger partial charge on any atom is 0.310 e. The zero-order valence-corrected chi connectivity index (χ0v) is 17.5. The first-order chi connectivity index (χ1) is 15.9. The van der Waals surface area contributed by atoms with Crippen LogP contribution < -0.4 is 10.5 Å². The summed E-state index contributed by atoms with van der Waals surface area (Å²) in [5.74, 6) is -2.32. The molecular weight excluding hydrogens is 437 g/mol. The Labute approximate surface area is 186 Å². The van der Waals surface area contributed by atoms with Crippen LogP contribution in [-0.2, 0) is 29.1 Å². The Morgan fingerprint density at radius 1 is 1.06 bits per heavy atom. The second-order valence-corrected chi connectivity index (χ2v) is 7.18. The van der Waals surface area contributed by atoms with Gasteiger partial charge in [0, 0.05) is 41.1 Å². The van der Waals surface area contributed by atoms with E-state index >= 15 is 4.39 Å². The first-order valence-electron chi connectivity index (χ1n) is 9.93. The van der Waals surface area contributed by atoms with Crippen molar-refractivity contribution in [3.8, 4) is 16.9 Å². The summed E-state index contributed by atoms with van der Waals surface area (Å²) in [6.07, 6.45) is 2.55. The van der Waals surface area contributed by atoms with Gasteiger partial charge in [0.05, 0.1) is 30.9 Å². The van der Waals surface area contributed by atoms with Crippen LogP contribution in [0.1, 0.15) is 16.8 Å². The van der Waals surface area contributed by atoms with E-state index in [0.717, 1.165) is 6.07 Å². The Balaban J connectivity index is 1.74. The van der Waals surface area contributed by atoms with Crippen molar-refractivity contribution in [1.82, 2.24) is 4.98 Å². The highest BCUT2D eigenvalue weighted by atomic mass is 19.1. The third-order valence-corrected chi connectivity index (χ3v) is 5.17. The van der Waals surface area contributed by atoms with Crippen molar-refractivity contribution >= 4 is 16.9 Å². The van der Waals surface area contributed by atoms with E-state index in [2.05, 4.69) is 9.72 Å². The van der Waals surface area contributed by atoms with Crippen LogP contribution in [0.3, 0.4) is 0 Å². The molecule has 0 radical (unpaired) electrons. The Bertz CT molecular complexity index is 1340. The minimum Gasteiger partial charge on any atom is -0.488 e. The molecule has 6 nitrogen and oxygen atoms in total. The molecule has 4 aromatic rings. The minimum atomic E-state index is -0.637. The number of pyridine rings is 1. The van der Waals surface area contributed by atoms with E-state index in [4.69, 9.17) is 14.9 Å². The molecule has 2 N–H and O–H groups in total. The summed E-state index contributed by atoms with van der Waals surface area (Å²) < 4.78 is 59.7. The van der Waals surface area contributed by atoms with Gasteiger partial charge in [-0.3, -0.25) is 9.78 Å². The number of aromatic nitrogens is 1. The normalized spacial score (nSPS) is 11.1. The summed E-state index contributed by atoms with van der Waals surface area (Å²) in [5, 5.41) is 0.130. The van der Waals surface area contributed by atoms with Crippen LogP contribution in [0.25, 0.3) is 22.1 Å². The van der Waals surface area contributed by atoms with Crippen molar-refractivity contribution in [2.24, 2.45) is 5.73 Å². The van der Waals surface area contributed by atoms with Crippen LogP contribution in [-0.4, -0.2) is 18.1 Å². The fraction of sp³-hybridized carbons (Fsp3) is 0.167. The Morgan fingerprint density at radius 2 is 1.88 bits per heavy atom. The smallest absolute Gasteiger partial charge is 0.310 e. The van der Waals surface area contributed by atoms with Crippen LogP contribution in [0.4, 0.5) is 13.2 Å². The molecule has 0 aliphatic rings. The van der Waals surface area contributed by atoms with Gasteiger partial charge in [0.15, 0.2) is 5.82 Å². The molecule has 0 saturated heterocycles. The number of rotatable bonds is 7. The highest BCUT2D eigenvalue weighted by molar-refractivity contribution is 5.93. The monoisotopic (exact) mass is 456 g/mol. The number of methoxy groups -OCH3 is 1. The van der Waals surface area contributed by atoms with E-state index in [9.17, 15) is 13.6 Å². The summed E-state index contributed by atoms with van der Waals surface area (Å²) >= 11 is 0. The zero-order chi connectivity index (χ0) is 23.5. The van der Waals surface area contributed by atoms with Crippen molar-refractivity contribution in [2.45, 2.75) is 19.6 Å². The number of benzene rings is 2. The fourth-order valence-corrected chi connectivity index (χ4v) is 3.50. The van der Waals surface area contributed by atoms with Crippen molar-refractivity contribution in [3.05, 3.63) is 83.1 Å². The van der Waals surface area contributed by atoms with Gasteiger partial charge in [0.25, 0.3) is 0 Å². The largest absolute Gasteiger partial charge is 0.488 e. The SMILES string of the molecule is COC(=O)Cc1ccc(F)cc1OCc1cc(-c2ccnc(CN)c2F)c2occc2c1F. The minimum absolute atomic E-state index is 0.0570. The zero-order valence-electron chi connectivity index (χ0n) is 17.5. The van der Waals surface area contributed by atoms with Crippen molar-refractivity contribution in [1.29, 1.82) is 0 Å². The molecular formula is C24H19F3N2O4. The maximum atomic E-state index is 15.2. The summed E-state index contributed by atoms with van der Waals surface area (Å²) in [4.78, 5) is 15.6. The average molecular weight is 456 g/mol.